The molecule has 0 bridgehead atoms. The molecule has 2 heterocycles. The standard InChI is InChI=1S/C21H36F6N2/c1-18(2,3)17-11-15(13-28(17)10-8-20(22,23)24)12-19(4,5)16-7-6-9-29(16)14-21(25,26)27/h15-17H,6-14H2,1-5H3. The Bertz CT molecular complexity index is 535. The van der Waals surface area contributed by atoms with Crippen molar-refractivity contribution < 1.29 is 26.3 Å². The Labute approximate surface area is 171 Å². The first kappa shape index (κ1) is 24.8. The van der Waals surface area contributed by atoms with Crippen LogP contribution in [0.15, 0.2) is 0 Å². The SMILES string of the molecule is CC(C)(C)C1CC(CC(C)(C)C2CCCN2CC(F)(F)F)CN1CCC(F)(F)F. The molecular formula is C21H36F6N2. The summed E-state index contributed by atoms with van der Waals surface area (Å²) in [7, 11) is 0. The molecular weight excluding hydrogens is 394 g/mol. The van der Waals surface area contributed by atoms with Crippen LogP contribution in [0, 0.1) is 16.7 Å². The zero-order valence-electron chi connectivity index (χ0n) is 18.3. The summed E-state index contributed by atoms with van der Waals surface area (Å²) >= 11 is 0. The molecule has 2 rings (SSSR count). The quantitative estimate of drug-likeness (QED) is 0.469. The van der Waals surface area contributed by atoms with E-state index in [0.29, 0.717) is 13.1 Å². The molecule has 0 radical (unpaired) electrons. The van der Waals surface area contributed by atoms with Crippen molar-refractivity contribution >= 4 is 0 Å². The predicted octanol–water partition coefficient (Wildman–Crippen LogP) is 6.12. The molecule has 3 atom stereocenters. The normalized spacial score (nSPS) is 28.4. The van der Waals surface area contributed by atoms with E-state index in [1.54, 1.807) is 4.90 Å². The molecule has 8 heteroatoms. The molecule has 3 unspecified atom stereocenters. The minimum absolute atomic E-state index is 0.00794. The van der Waals surface area contributed by atoms with Crippen LogP contribution < -0.4 is 0 Å². The van der Waals surface area contributed by atoms with Crippen LogP contribution in [0.5, 0.6) is 0 Å². The molecule has 0 aliphatic carbocycles. The highest BCUT2D eigenvalue weighted by Crippen LogP contribution is 2.44. The van der Waals surface area contributed by atoms with Crippen molar-refractivity contribution in [1.29, 1.82) is 0 Å². The fourth-order valence-corrected chi connectivity index (χ4v) is 5.58. The first-order valence-electron chi connectivity index (χ1n) is 10.6. The van der Waals surface area contributed by atoms with Crippen molar-refractivity contribution in [1.82, 2.24) is 9.80 Å². The molecule has 0 aromatic heterocycles. The largest absolute Gasteiger partial charge is 0.401 e. The van der Waals surface area contributed by atoms with E-state index in [9.17, 15) is 26.3 Å². The van der Waals surface area contributed by atoms with Crippen LogP contribution >= 0.6 is 0 Å². The Balaban J connectivity index is 2.05. The third kappa shape index (κ3) is 7.30. The van der Waals surface area contributed by atoms with Crippen LogP contribution in [-0.2, 0) is 0 Å². The van der Waals surface area contributed by atoms with Gasteiger partial charge in [-0.25, -0.2) is 0 Å². The van der Waals surface area contributed by atoms with Gasteiger partial charge in [-0.2, -0.15) is 26.3 Å². The van der Waals surface area contributed by atoms with Gasteiger partial charge in [0, 0.05) is 25.2 Å². The first-order valence-corrected chi connectivity index (χ1v) is 10.6. The number of likely N-dealkylation sites (tertiary alicyclic amines) is 2. The molecule has 2 saturated heterocycles. The van der Waals surface area contributed by atoms with Gasteiger partial charge in [0.2, 0.25) is 0 Å². The Morgan fingerprint density at radius 3 is 1.97 bits per heavy atom. The summed E-state index contributed by atoms with van der Waals surface area (Å²) in [5.74, 6) is 0.204. The number of alkyl halides is 6. The second-order valence-corrected chi connectivity index (χ2v) is 10.8. The van der Waals surface area contributed by atoms with Crippen molar-refractivity contribution in [3.63, 3.8) is 0 Å². The van der Waals surface area contributed by atoms with Crippen LogP contribution in [-0.4, -0.2) is 60.4 Å². The zero-order valence-corrected chi connectivity index (χ0v) is 18.3. The number of nitrogens with zero attached hydrogens (tertiary/aromatic N) is 2. The predicted molar refractivity (Wildman–Crippen MR) is 103 cm³/mol. The summed E-state index contributed by atoms with van der Waals surface area (Å²) in [6.45, 7) is 10.4. The lowest BCUT2D eigenvalue weighted by Gasteiger charge is -2.40. The molecule has 2 fully saturated rings. The monoisotopic (exact) mass is 430 g/mol. The lowest BCUT2D eigenvalue weighted by Crippen LogP contribution is -2.46. The summed E-state index contributed by atoms with van der Waals surface area (Å²) in [6, 6.07) is -0.0815. The maximum atomic E-state index is 12.9. The minimum Gasteiger partial charge on any atom is -0.299 e. The molecule has 0 aromatic rings. The Morgan fingerprint density at radius 1 is 0.828 bits per heavy atom. The van der Waals surface area contributed by atoms with Crippen LogP contribution in [0.3, 0.4) is 0 Å². The van der Waals surface area contributed by atoms with Crippen molar-refractivity contribution in [2.45, 2.75) is 91.2 Å². The van der Waals surface area contributed by atoms with Crippen molar-refractivity contribution in [3.05, 3.63) is 0 Å². The van der Waals surface area contributed by atoms with Gasteiger partial charge in [-0.15, -0.1) is 0 Å². The molecule has 0 spiro atoms. The second-order valence-electron chi connectivity index (χ2n) is 10.8. The zero-order chi connectivity index (χ0) is 22.3. The highest BCUT2D eigenvalue weighted by Gasteiger charge is 2.46. The lowest BCUT2D eigenvalue weighted by molar-refractivity contribution is -0.152. The van der Waals surface area contributed by atoms with Crippen LogP contribution in [0.25, 0.3) is 0 Å². The molecule has 2 aliphatic rings. The van der Waals surface area contributed by atoms with Gasteiger partial charge < -0.3 is 0 Å². The van der Waals surface area contributed by atoms with Gasteiger partial charge >= 0.3 is 12.4 Å². The number of hydrogen-bond acceptors (Lipinski definition) is 2. The van der Waals surface area contributed by atoms with E-state index >= 15 is 0 Å². The number of hydrogen-bond donors (Lipinski definition) is 0. The molecule has 2 nitrogen and oxygen atoms in total. The van der Waals surface area contributed by atoms with Crippen molar-refractivity contribution in [3.8, 4) is 0 Å². The van der Waals surface area contributed by atoms with Gasteiger partial charge in [0.15, 0.2) is 0 Å². The lowest BCUT2D eigenvalue weighted by atomic mass is 9.74. The molecule has 0 aromatic carbocycles. The summed E-state index contributed by atoms with van der Waals surface area (Å²) in [5, 5.41) is 0. The molecule has 0 amide bonds. The highest BCUT2D eigenvalue weighted by atomic mass is 19.4. The average Bonchev–Trinajstić information content (AvgIpc) is 3.08. The second kappa shape index (κ2) is 8.56. The van der Waals surface area contributed by atoms with Crippen LogP contribution in [0.4, 0.5) is 26.3 Å². The topological polar surface area (TPSA) is 6.48 Å². The highest BCUT2D eigenvalue weighted by molar-refractivity contribution is 4.98. The average molecular weight is 431 g/mol. The van der Waals surface area contributed by atoms with E-state index in [4.69, 9.17) is 0 Å². The van der Waals surface area contributed by atoms with E-state index in [1.807, 2.05) is 39.5 Å². The fourth-order valence-electron chi connectivity index (χ4n) is 5.58. The van der Waals surface area contributed by atoms with Crippen molar-refractivity contribution in [2.75, 3.05) is 26.2 Å². The van der Waals surface area contributed by atoms with Gasteiger partial charge in [-0.3, -0.25) is 9.80 Å². The Kier molecular flexibility index (Phi) is 7.31. The first-order chi connectivity index (χ1) is 13.0. The third-order valence-electron chi connectivity index (χ3n) is 6.64. The van der Waals surface area contributed by atoms with E-state index in [2.05, 4.69) is 0 Å². The molecule has 0 N–H and O–H groups in total. The van der Waals surface area contributed by atoms with Crippen molar-refractivity contribution in [2.24, 2.45) is 16.7 Å². The maximum Gasteiger partial charge on any atom is 0.401 e. The van der Waals surface area contributed by atoms with Gasteiger partial charge in [0.1, 0.15) is 0 Å². The molecule has 0 saturated carbocycles. The Morgan fingerprint density at radius 2 is 1.45 bits per heavy atom. The van der Waals surface area contributed by atoms with E-state index in [-0.39, 0.29) is 35.4 Å². The van der Waals surface area contributed by atoms with E-state index in [0.717, 1.165) is 25.7 Å². The van der Waals surface area contributed by atoms with E-state index in [1.165, 1.54) is 0 Å². The minimum atomic E-state index is -4.21. The maximum absolute atomic E-state index is 12.9. The van der Waals surface area contributed by atoms with Gasteiger partial charge in [-0.1, -0.05) is 34.6 Å². The van der Waals surface area contributed by atoms with Gasteiger partial charge in [0.05, 0.1) is 13.0 Å². The summed E-state index contributed by atoms with van der Waals surface area (Å²) in [5.41, 5.74) is -0.449. The molecule has 29 heavy (non-hydrogen) atoms. The molecule has 2 aliphatic heterocycles. The third-order valence-corrected chi connectivity index (χ3v) is 6.64. The van der Waals surface area contributed by atoms with Gasteiger partial charge in [-0.05, 0) is 49.0 Å². The van der Waals surface area contributed by atoms with Crippen LogP contribution in [0.1, 0.15) is 66.7 Å². The number of halogens is 6. The Hall–Kier alpha value is -0.500. The van der Waals surface area contributed by atoms with Crippen LogP contribution in [0.2, 0.25) is 0 Å². The summed E-state index contributed by atoms with van der Waals surface area (Å²) < 4.78 is 77.1. The van der Waals surface area contributed by atoms with E-state index < -0.39 is 25.3 Å². The fraction of sp³-hybridized carbons (Fsp3) is 1.00. The number of rotatable bonds is 6. The van der Waals surface area contributed by atoms with Gasteiger partial charge in [0.25, 0.3) is 0 Å². The summed E-state index contributed by atoms with van der Waals surface area (Å²) in [4.78, 5) is 3.51. The molecule has 172 valence electrons. The smallest absolute Gasteiger partial charge is 0.299 e. The summed E-state index contributed by atoms with van der Waals surface area (Å²) in [6.07, 6.45) is -6.16.